The Labute approximate surface area is 349 Å². The van der Waals surface area contributed by atoms with Crippen LogP contribution in [-0.2, 0) is 36.7 Å². The summed E-state index contributed by atoms with van der Waals surface area (Å²) in [6.07, 6.45) is 0.326. The van der Waals surface area contributed by atoms with Gasteiger partial charge in [-0.15, -0.1) is 10.2 Å². The molecule has 0 fully saturated rings. The molecule has 15 nitrogen and oxygen atoms in total. The maximum Gasteiger partial charge on any atom is 0.333 e. The van der Waals surface area contributed by atoms with Crippen LogP contribution >= 0.6 is 0 Å². The predicted molar refractivity (Wildman–Crippen MR) is 225 cm³/mol. The summed E-state index contributed by atoms with van der Waals surface area (Å²) in [6, 6.07) is 33.3. The van der Waals surface area contributed by atoms with Crippen molar-refractivity contribution in [3.63, 3.8) is 0 Å². The lowest BCUT2D eigenvalue weighted by atomic mass is 10.1. The van der Waals surface area contributed by atoms with E-state index in [1.54, 1.807) is 38.1 Å². The van der Waals surface area contributed by atoms with E-state index < -0.39 is 24.1 Å². The number of benzene rings is 4. The van der Waals surface area contributed by atoms with E-state index in [9.17, 15) is 14.7 Å². The number of para-hydroxylation sites is 1. The number of carboxylic acid groups (broad SMARTS) is 2. The first-order valence-corrected chi connectivity index (χ1v) is 19.6. The van der Waals surface area contributed by atoms with Crippen molar-refractivity contribution in [2.75, 3.05) is 33.0 Å². The van der Waals surface area contributed by atoms with Crippen LogP contribution in [0.3, 0.4) is 0 Å². The number of hydrogen-bond donors (Lipinski definition) is 2. The quantitative estimate of drug-likeness (QED) is 0.0347. The van der Waals surface area contributed by atoms with Crippen molar-refractivity contribution in [3.05, 3.63) is 126 Å². The van der Waals surface area contributed by atoms with Crippen molar-refractivity contribution in [2.45, 2.75) is 65.6 Å². The molecule has 0 saturated carbocycles. The average Bonchev–Trinajstić information content (AvgIpc) is 3.76. The van der Waals surface area contributed by atoms with Crippen LogP contribution in [-0.4, -0.2) is 89.0 Å². The molecule has 0 aliphatic rings. The Morgan fingerprint density at radius 2 is 1.22 bits per heavy atom. The third-order valence-corrected chi connectivity index (χ3v) is 8.30. The largest absolute Gasteiger partial charge is 0.493 e. The fraction of sp³-hybridized carbons (Fsp3) is 0.333. The maximum atomic E-state index is 11.3. The number of aliphatic carboxylic acids is 2. The van der Waals surface area contributed by atoms with Crippen molar-refractivity contribution in [1.29, 1.82) is 0 Å². The van der Waals surface area contributed by atoms with Crippen LogP contribution in [0.5, 0.6) is 17.2 Å². The Kier molecular flexibility index (Phi) is 19.8. The predicted octanol–water partition coefficient (Wildman–Crippen LogP) is 7.92. The van der Waals surface area contributed by atoms with E-state index in [4.69, 9.17) is 38.1 Å². The summed E-state index contributed by atoms with van der Waals surface area (Å²) in [6.45, 7) is 9.09. The standard InChI is InChI=1S/C24H27N3O6.C21H25NO5/c1-3-14-32-27-20(23-26-25-22(33-23)18-8-6-5-7-9-18)16-31-19-12-10-17(11-13-19)15-21(24(28)29)30-4-2;1-3-25-20(21(23)24)15-17-9-11-18(12-10-17)26-14-13-16(2)22-27-19-7-5-4-6-8-19/h5-13,21H,3-4,14-16H2,1-2H3,(H,28,29);4-12,20H,3,13-15H2,1-2H3,(H,23,24)/b27-20+;22-16+. The van der Waals surface area contributed by atoms with Crippen LogP contribution in [0.1, 0.15) is 57.6 Å². The first-order chi connectivity index (χ1) is 29.2. The lowest BCUT2D eigenvalue weighted by Gasteiger charge is -2.13. The highest BCUT2D eigenvalue weighted by Crippen LogP contribution is 2.20. The maximum absolute atomic E-state index is 11.3. The summed E-state index contributed by atoms with van der Waals surface area (Å²) in [5.41, 5.74) is 3.71. The molecule has 0 spiro atoms. The van der Waals surface area contributed by atoms with E-state index in [1.807, 2.05) is 98.8 Å². The molecule has 2 N–H and O–H groups in total. The van der Waals surface area contributed by atoms with E-state index in [2.05, 4.69) is 20.5 Å². The highest BCUT2D eigenvalue weighted by atomic mass is 16.6. The second-order valence-electron chi connectivity index (χ2n) is 13.0. The van der Waals surface area contributed by atoms with Gasteiger partial charge in [-0.25, -0.2) is 9.59 Å². The van der Waals surface area contributed by atoms with Crippen LogP contribution in [0.4, 0.5) is 0 Å². The SMILES string of the molecule is CCCO/N=C(\COc1ccc(CC(OCC)C(=O)O)cc1)c1nnc(-c2ccccc2)o1.CCOC(Cc1ccc(OCC/C(C)=N/Oc2ccccc2)cc1)C(=O)O. The zero-order chi connectivity index (χ0) is 43.0. The topological polar surface area (TPSA) is 194 Å². The smallest absolute Gasteiger partial charge is 0.333 e. The minimum Gasteiger partial charge on any atom is -0.493 e. The van der Waals surface area contributed by atoms with Crippen LogP contribution in [0.2, 0.25) is 0 Å². The zero-order valence-electron chi connectivity index (χ0n) is 34.3. The number of aromatic nitrogens is 2. The number of carboxylic acids is 2. The van der Waals surface area contributed by atoms with Gasteiger partial charge in [0.15, 0.2) is 23.7 Å². The Balaban J connectivity index is 0.000000270. The monoisotopic (exact) mass is 824 g/mol. The minimum absolute atomic E-state index is 0.0518. The Morgan fingerprint density at radius 3 is 1.75 bits per heavy atom. The van der Waals surface area contributed by atoms with Gasteiger partial charge in [0.05, 0.1) is 12.3 Å². The van der Waals surface area contributed by atoms with E-state index >= 15 is 0 Å². The van der Waals surface area contributed by atoms with E-state index in [1.165, 1.54) is 0 Å². The molecule has 0 amide bonds. The molecule has 1 aromatic heterocycles. The lowest BCUT2D eigenvalue weighted by molar-refractivity contribution is -0.150. The van der Waals surface area contributed by atoms with Gasteiger partial charge >= 0.3 is 11.9 Å². The third kappa shape index (κ3) is 16.3. The molecule has 0 saturated heterocycles. The average molecular weight is 825 g/mol. The normalized spacial score (nSPS) is 12.4. The summed E-state index contributed by atoms with van der Waals surface area (Å²) >= 11 is 0. The molecule has 0 bridgehead atoms. The van der Waals surface area contributed by atoms with Crippen LogP contribution < -0.4 is 14.3 Å². The van der Waals surface area contributed by atoms with Crippen molar-refractivity contribution in [1.82, 2.24) is 10.2 Å². The lowest BCUT2D eigenvalue weighted by Crippen LogP contribution is -2.26. The highest BCUT2D eigenvalue weighted by molar-refractivity contribution is 5.97. The fourth-order valence-corrected chi connectivity index (χ4v) is 5.21. The molecule has 60 heavy (non-hydrogen) atoms. The van der Waals surface area contributed by atoms with Crippen molar-refractivity contribution < 1.29 is 52.8 Å². The molecule has 0 aliphatic carbocycles. The molecule has 2 atom stereocenters. The molecule has 0 radical (unpaired) electrons. The van der Waals surface area contributed by atoms with Gasteiger partial charge in [-0.2, -0.15) is 0 Å². The van der Waals surface area contributed by atoms with Gasteiger partial charge in [0.25, 0.3) is 5.89 Å². The summed E-state index contributed by atoms with van der Waals surface area (Å²) in [4.78, 5) is 33.1. The number of hydrogen-bond acceptors (Lipinski definition) is 13. The molecule has 1 heterocycles. The fourth-order valence-electron chi connectivity index (χ4n) is 5.21. The van der Waals surface area contributed by atoms with E-state index in [0.29, 0.717) is 62.4 Å². The van der Waals surface area contributed by atoms with Crippen LogP contribution in [0.15, 0.2) is 124 Å². The first kappa shape index (κ1) is 46.1. The van der Waals surface area contributed by atoms with Crippen molar-refractivity contribution in [3.8, 4) is 28.7 Å². The second kappa shape index (κ2) is 25.7. The minimum atomic E-state index is -0.987. The van der Waals surface area contributed by atoms with Gasteiger partial charge < -0.3 is 43.3 Å². The van der Waals surface area contributed by atoms with Gasteiger partial charge in [0.1, 0.15) is 24.7 Å². The molecule has 0 aliphatic heterocycles. The van der Waals surface area contributed by atoms with Crippen molar-refractivity contribution >= 4 is 23.4 Å². The summed E-state index contributed by atoms with van der Waals surface area (Å²) in [7, 11) is 0. The summed E-state index contributed by atoms with van der Waals surface area (Å²) in [5.74, 6) is 0.638. The Bertz CT molecular complexity index is 2060. The van der Waals surface area contributed by atoms with Gasteiger partial charge in [0, 0.05) is 38.0 Å². The second-order valence-corrected chi connectivity index (χ2v) is 13.0. The van der Waals surface area contributed by atoms with Crippen LogP contribution in [0, 0.1) is 0 Å². The number of ether oxygens (including phenoxy) is 4. The molecule has 5 aromatic rings. The molecule has 2 unspecified atom stereocenters. The molecule has 5 rings (SSSR count). The highest BCUT2D eigenvalue weighted by Gasteiger charge is 2.20. The Morgan fingerprint density at radius 1 is 0.667 bits per heavy atom. The number of carbonyl (C=O) groups is 2. The van der Waals surface area contributed by atoms with Gasteiger partial charge in [-0.3, -0.25) is 0 Å². The molecule has 4 aromatic carbocycles. The molecular formula is C45H52N4O11. The third-order valence-electron chi connectivity index (χ3n) is 8.30. The number of nitrogens with zero attached hydrogens (tertiary/aromatic N) is 4. The molecule has 318 valence electrons. The zero-order valence-corrected chi connectivity index (χ0v) is 34.3. The Hall–Kier alpha value is -6.58. The van der Waals surface area contributed by atoms with Crippen molar-refractivity contribution in [2.24, 2.45) is 10.3 Å². The van der Waals surface area contributed by atoms with Gasteiger partial charge in [-0.05, 0) is 86.8 Å². The van der Waals surface area contributed by atoms with Crippen LogP contribution in [0.25, 0.3) is 11.5 Å². The number of rotatable bonds is 24. The number of oxime groups is 2. The molecule has 15 heteroatoms. The molecular weight excluding hydrogens is 773 g/mol. The van der Waals surface area contributed by atoms with E-state index in [-0.39, 0.29) is 18.9 Å². The van der Waals surface area contributed by atoms with Gasteiger partial charge in [0.2, 0.25) is 5.89 Å². The summed E-state index contributed by atoms with van der Waals surface area (Å²) < 4.78 is 27.8. The van der Waals surface area contributed by atoms with Gasteiger partial charge in [-0.1, -0.05) is 77.9 Å². The van der Waals surface area contributed by atoms with E-state index in [0.717, 1.165) is 34.6 Å². The first-order valence-electron chi connectivity index (χ1n) is 19.6. The summed E-state index contributed by atoms with van der Waals surface area (Å²) in [5, 5.41) is 34.7.